The molecule has 0 unspecified atom stereocenters. The summed E-state index contributed by atoms with van der Waals surface area (Å²) in [6, 6.07) is 7.93. The van der Waals surface area contributed by atoms with Crippen molar-refractivity contribution in [1.82, 2.24) is 5.16 Å². The van der Waals surface area contributed by atoms with Crippen molar-refractivity contribution < 1.29 is 27.2 Å². The van der Waals surface area contributed by atoms with Crippen LogP contribution in [-0.2, 0) is 14.8 Å². The molecule has 0 aliphatic heterocycles. The number of benzene rings is 1. The van der Waals surface area contributed by atoms with Crippen LogP contribution in [0.5, 0.6) is 11.5 Å². The van der Waals surface area contributed by atoms with Crippen molar-refractivity contribution in [2.45, 2.75) is 18.1 Å². The molecule has 3 aromatic rings. The number of sulfonamides is 1. The van der Waals surface area contributed by atoms with Crippen molar-refractivity contribution in [3.63, 3.8) is 0 Å². The molecule has 1 aromatic carbocycles. The highest BCUT2D eigenvalue weighted by Gasteiger charge is 2.18. The van der Waals surface area contributed by atoms with Gasteiger partial charge >= 0.3 is 0 Å². The van der Waals surface area contributed by atoms with Gasteiger partial charge in [0.05, 0.1) is 19.9 Å². The number of carbonyl (C=O) groups excluding carboxylic acids is 1. The topological polar surface area (TPSA) is 120 Å². The lowest BCUT2D eigenvalue weighted by Crippen LogP contribution is -2.11. The van der Waals surface area contributed by atoms with E-state index in [0.717, 1.165) is 11.3 Å². The molecule has 0 bridgehead atoms. The van der Waals surface area contributed by atoms with Gasteiger partial charge in [0.1, 0.15) is 15.6 Å². The Labute approximate surface area is 183 Å². The molecule has 164 valence electrons. The van der Waals surface area contributed by atoms with Gasteiger partial charge in [-0.25, -0.2) is 8.42 Å². The molecule has 11 heteroatoms. The third-order valence-corrected chi connectivity index (χ3v) is 7.02. The second-order valence-electron chi connectivity index (χ2n) is 6.35. The predicted molar refractivity (Wildman–Crippen MR) is 119 cm³/mol. The van der Waals surface area contributed by atoms with Crippen molar-refractivity contribution in [1.29, 1.82) is 0 Å². The Hall–Kier alpha value is -3.31. The summed E-state index contributed by atoms with van der Waals surface area (Å²) in [7, 11) is -0.819. The zero-order chi connectivity index (χ0) is 22.6. The average Bonchev–Trinajstić information content (AvgIpc) is 3.34. The fourth-order valence-electron chi connectivity index (χ4n) is 2.66. The third kappa shape index (κ3) is 5.25. The van der Waals surface area contributed by atoms with Gasteiger partial charge in [0.15, 0.2) is 17.3 Å². The van der Waals surface area contributed by atoms with Gasteiger partial charge in [-0.1, -0.05) is 5.16 Å². The molecule has 3 rings (SSSR count). The number of anilines is 2. The molecule has 0 spiro atoms. The van der Waals surface area contributed by atoms with Gasteiger partial charge in [0.25, 0.3) is 10.0 Å². The summed E-state index contributed by atoms with van der Waals surface area (Å²) in [4.78, 5) is 12.0. The highest BCUT2D eigenvalue weighted by molar-refractivity contribution is 7.94. The normalized spacial score (nSPS) is 11.5. The number of nitrogens with zero attached hydrogens (tertiary/aromatic N) is 1. The Morgan fingerprint density at radius 3 is 2.55 bits per heavy atom. The number of amides is 1. The predicted octanol–water partition coefficient (Wildman–Crippen LogP) is 3.99. The number of ether oxygens (including phenoxy) is 2. The largest absolute Gasteiger partial charge is 0.493 e. The molecular weight excluding hydrogens is 442 g/mol. The standard InChI is InChI=1S/C20H21N3O6S2/c1-12-20(21-13(2)24)17(29-22-12)9-6-15-7-10-19(30-15)31(25,26)23-14-5-8-16(27-3)18(11-14)28-4/h5-11,23H,1-4H3,(H,21,24). The number of thiophene rings is 1. The van der Waals surface area contributed by atoms with E-state index in [1.54, 1.807) is 43.3 Å². The van der Waals surface area contributed by atoms with Crippen LogP contribution in [0.25, 0.3) is 12.2 Å². The maximum Gasteiger partial charge on any atom is 0.271 e. The molecule has 9 nitrogen and oxygen atoms in total. The van der Waals surface area contributed by atoms with E-state index in [-0.39, 0.29) is 10.1 Å². The van der Waals surface area contributed by atoms with Crippen LogP contribution in [-0.4, -0.2) is 33.7 Å². The number of hydrogen-bond donors (Lipinski definition) is 2. The summed E-state index contributed by atoms with van der Waals surface area (Å²) in [6.45, 7) is 3.10. The second kappa shape index (κ2) is 9.23. The van der Waals surface area contributed by atoms with E-state index in [1.165, 1.54) is 27.2 Å². The molecule has 2 N–H and O–H groups in total. The fraction of sp³-hybridized carbons (Fsp3) is 0.200. The summed E-state index contributed by atoms with van der Waals surface area (Å²) < 4.78 is 43.7. The zero-order valence-electron chi connectivity index (χ0n) is 17.3. The minimum atomic E-state index is -3.79. The highest BCUT2D eigenvalue weighted by Crippen LogP contribution is 2.32. The van der Waals surface area contributed by atoms with Crippen LogP contribution in [0.2, 0.25) is 0 Å². The van der Waals surface area contributed by atoms with Crippen LogP contribution in [0, 0.1) is 6.92 Å². The Balaban J connectivity index is 1.79. The van der Waals surface area contributed by atoms with Crippen LogP contribution in [0.3, 0.4) is 0 Å². The monoisotopic (exact) mass is 463 g/mol. The SMILES string of the molecule is COc1ccc(NS(=O)(=O)c2ccc(C=Cc3onc(C)c3NC(C)=O)s2)cc1OC. The number of rotatable bonds is 8. The summed E-state index contributed by atoms with van der Waals surface area (Å²) in [5.41, 5.74) is 1.37. The summed E-state index contributed by atoms with van der Waals surface area (Å²) in [5.74, 6) is 1.03. The van der Waals surface area contributed by atoms with E-state index in [4.69, 9.17) is 14.0 Å². The summed E-state index contributed by atoms with van der Waals surface area (Å²) >= 11 is 1.08. The van der Waals surface area contributed by atoms with E-state index in [9.17, 15) is 13.2 Å². The Morgan fingerprint density at radius 2 is 1.87 bits per heavy atom. The molecule has 1 amide bonds. The lowest BCUT2D eigenvalue weighted by atomic mass is 10.2. The van der Waals surface area contributed by atoms with E-state index in [2.05, 4.69) is 15.2 Å². The molecule has 0 radical (unpaired) electrons. The van der Waals surface area contributed by atoms with Crippen molar-refractivity contribution in [3.05, 3.63) is 46.7 Å². The third-order valence-electron chi connectivity index (χ3n) is 4.09. The minimum absolute atomic E-state index is 0.137. The fourth-order valence-corrected chi connectivity index (χ4v) is 4.94. The van der Waals surface area contributed by atoms with Gasteiger partial charge in [0.2, 0.25) is 5.91 Å². The number of nitrogens with one attached hydrogen (secondary N) is 2. The number of methoxy groups -OCH3 is 2. The van der Waals surface area contributed by atoms with E-state index in [1.807, 2.05) is 0 Å². The van der Waals surface area contributed by atoms with E-state index < -0.39 is 10.0 Å². The van der Waals surface area contributed by atoms with E-state index >= 15 is 0 Å². The summed E-state index contributed by atoms with van der Waals surface area (Å²) in [6.07, 6.45) is 3.31. The first-order chi connectivity index (χ1) is 14.7. The zero-order valence-corrected chi connectivity index (χ0v) is 18.9. The van der Waals surface area contributed by atoms with Gasteiger partial charge in [-0.3, -0.25) is 9.52 Å². The van der Waals surface area contributed by atoms with Crippen LogP contribution >= 0.6 is 11.3 Å². The molecule has 0 saturated heterocycles. The number of aromatic nitrogens is 1. The molecule has 2 heterocycles. The second-order valence-corrected chi connectivity index (χ2v) is 9.38. The van der Waals surface area contributed by atoms with Gasteiger partial charge in [-0.05, 0) is 43.3 Å². The van der Waals surface area contributed by atoms with Gasteiger partial charge in [0, 0.05) is 17.9 Å². The highest BCUT2D eigenvalue weighted by atomic mass is 32.2. The average molecular weight is 464 g/mol. The molecule has 0 aliphatic rings. The molecule has 2 aromatic heterocycles. The van der Waals surface area contributed by atoms with Crippen molar-refractivity contribution in [2.75, 3.05) is 24.3 Å². The van der Waals surface area contributed by atoms with Crippen molar-refractivity contribution >= 4 is 50.8 Å². The molecule has 0 atom stereocenters. The van der Waals surface area contributed by atoms with Crippen molar-refractivity contribution in [2.24, 2.45) is 0 Å². The maximum atomic E-state index is 12.7. The first-order valence-electron chi connectivity index (χ1n) is 9.00. The number of hydrogen-bond acceptors (Lipinski definition) is 8. The lowest BCUT2D eigenvalue weighted by Gasteiger charge is -2.11. The van der Waals surface area contributed by atoms with Crippen molar-refractivity contribution in [3.8, 4) is 11.5 Å². The number of aryl methyl sites for hydroxylation is 1. The molecule has 31 heavy (non-hydrogen) atoms. The van der Waals surface area contributed by atoms with Crippen LogP contribution < -0.4 is 19.5 Å². The summed E-state index contributed by atoms with van der Waals surface area (Å²) in [5, 5.41) is 6.50. The van der Waals surface area contributed by atoms with Gasteiger partial charge in [-0.2, -0.15) is 0 Å². The quantitative estimate of drug-likeness (QED) is 0.518. The van der Waals surface area contributed by atoms with Gasteiger partial charge in [-0.15, -0.1) is 11.3 Å². The molecular formula is C20H21N3O6S2. The van der Waals surface area contributed by atoms with Crippen LogP contribution in [0.4, 0.5) is 11.4 Å². The van der Waals surface area contributed by atoms with Crippen LogP contribution in [0.15, 0.2) is 39.1 Å². The molecule has 0 saturated carbocycles. The Morgan fingerprint density at radius 1 is 1.13 bits per heavy atom. The maximum absolute atomic E-state index is 12.7. The molecule has 0 fully saturated rings. The first kappa shape index (κ1) is 22.4. The Kier molecular flexibility index (Phi) is 6.66. The van der Waals surface area contributed by atoms with Crippen LogP contribution in [0.1, 0.15) is 23.3 Å². The van der Waals surface area contributed by atoms with E-state index in [0.29, 0.717) is 39.2 Å². The minimum Gasteiger partial charge on any atom is -0.493 e. The smallest absolute Gasteiger partial charge is 0.271 e. The first-order valence-corrected chi connectivity index (χ1v) is 11.3. The molecule has 0 aliphatic carbocycles. The Bertz CT molecular complexity index is 1230. The van der Waals surface area contributed by atoms with Gasteiger partial charge < -0.3 is 19.3 Å². The lowest BCUT2D eigenvalue weighted by molar-refractivity contribution is -0.114. The number of carbonyl (C=O) groups is 1.